The minimum atomic E-state index is 0.277. The van der Waals surface area contributed by atoms with E-state index in [9.17, 15) is 4.79 Å². The van der Waals surface area contributed by atoms with Gasteiger partial charge in [-0.15, -0.1) is 0 Å². The van der Waals surface area contributed by atoms with Crippen molar-refractivity contribution < 1.29 is 4.79 Å². The molecule has 1 aliphatic carbocycles. The standard InChI is InChI=1S/C16H30N2O/c1-3-14-7-8-15(12(14)2)18-16(19)9-6-13-5-4-10-17-11-13/h12-15,17H,3-11H2,1-2H3,(H,18,19). The Morgan fingerprint density at radius 1 is 1.32 bits per heavy atom. The Morgan fingerprint density at radius 2 is 2.16 bits per heavy atom. The van der Waals surface area contributed by atoms with Crippen LogP contribution in [0.4, 0.5) is 0 Å². The van der Waals surface area contributed by atoms with Crippen LogP contribution in [0.25, 0.3) is 0 Å². The van der Waals surface area contributed by atoms with Crippen LogP contribution in [0.1, 0.15) is 58.8 Å². The molecular formula is C16H30N2O. The van der Waals surface area contributed by atoms with Crippen molar-refractivity contribution in [1.82, 2.24) is 10.6 Å². The van der Waals surface area contributed by atoms with Crippen molar-refractivity contribution in [3.05, 3.63) is 0 Å². The first kappa shape index (κ1) is 14.8. The number of carbonyl (C=O) groups excluding carboxylic acids is 1. The molecular weight excluding hydrogens is 236 g/mol. The van der Waals surface area contributed by atoms with Gasteiger partial charge < -0.3 is 10.6 Å². The van der Waals surface area contributed by atoms with E-state index in [0.29, 0.717) is 24.3 Å². The summed E-state index contributed by atoms with van der Waals surface area (Å²) in [7, 11) is 0. The second kappa shape index (κ2) is 7.28. The summed E-state index contributed by atoms with van der Waals surface area (Å²) in [6.07, 6.45) is 8.04. The Balaban J connectivity index is 1.66. The predicted octanol–water partition coefficient (Wildman–Crippen LogP) is 2.71. The molecule has 1 aliphatic heterocycles. The maximum atomic E-state index is 12.1. The molecule has 3 nitrogen and oxygen atoms in total. The predicted molar refractivity (Wildman–Crippen MR) is 78.9 cm³/mol. The van der Waals surface area contributed by atoms with E-state index in [1.165, 1.54) is 32.1 Å². The third-order valence-corrected chi connectivity index (χ3v) is 5.28. The monoisotopic (exact) mass is 266 g/mol. The first-order chi connectivity index (χ1) is 9.20. The van der Waals surface area contributed by atoms with Crippen LogP contribution in [-0.4, -0.2) is 25.0 Å². The van der Waals surface area contributed by atoms with E-state index < -0.39 is 0 Å². The van der Waals surface area contributed by atoms with Gasteiger partial charge in [0.25, 0.3) is 0 Å². The number of carbonyl (C=O) groups is 1. The van der Waals surface area contributed by atoms with Gasteiger partial charge in [0, 0.05) is 12.5 Å². The molecule has 1 saturated carbocycles. The highest BCUT2D eigenvalue weighted by atomic mass is 16.1. The van der Waals surface area contributed by atoms with Gasteiger partial charge in [-0.1, -0.05) is 20.3 Å². The molecule has 1 saturated heterocycles. The van der Waals surface area contributed by atoms with Crippen molar-refractivity contribution in [1.29, 1.82) is 0 Å². The summed E-state index contributed by atoms with van der Waals surface area (Å²) >= 11 is 0. The Bertz CT molecular complexity index is 286. The van der Waals surface area contributed by atoms with Gasteiger partial charge in [-0.3, -0.25) is 4.79 Å². The van der Waals surface area contributed by atoms with Crippen molar-refractivity contribution in [3.8, 4) is 0 Å². The lowest BCUT2D eigenvalue weighted by molar-refractivity contribution is -0.122. The highest BCUT2D eigenvalue weighted by molar-refractivity contribution is 5.76. The summed E-state index contributed by atoms with van der Waals surface area (Å²) in [6.45, 7) is 6.82. The molecule has 4 unspecified atom stereocenters. The molecule has 4 atom stereocenters. The number of nitrogens with one attached hydrogen (secondary N) is 2. The van der Waals surface area contributed by atoms with Crippen LogP contribution < -0.4 is 10.6 Å². The minimum absolute atomic E-state index is 0.277. The van der Waals surface area contributed by atoms with Gasteiger partial charge in [0.15, 0.2) is 0 Å². The van der Waals surface area contributed by atoms with Crippen LogP contribution >= 0.6 is 0 Å². The Morgan fingerprint density at radius 3 is 2.79 bits per heavy atom. The largest absolute Gasteiger partial charge is 0.353 e. The number of hydrogen-bond acceptors (Lipinski definition) is 2. The molecule has 1 heterocycles. The van der Waals surface area contributed by atoms with Gasteiger partial charge in [0.1, 0.15) is 0 Å². The first-order valence-electron chi connectivity index (χ1n) is 8.20. The zero-order valence-corrected chi connectivity index (χ0v) is 12.6. The Kier molecular flexibility index (Phi) is 5.68. The summed E-state index contributed by atoms with van der Waals surface area (Å²) in [4.78, 5) is 12.1. The maximum Gasteiger partial charge on any atom is 0.220 e. The molecule has 19 heavy (non-hydrogen) atoms. The average molecular weight is 266 g/mol. The lowest BCUT2D eigenvalue weighted by Crippen LogP contribution is -2.38. The zero-order valence-electron chi connectivity index (χ0n) is 12.6. The maximum absolute atomic E-state index is 12.1. The van der Waals surface area contributed by atoms with Crippen molar-refractivity contribution >= 4 is 5.91 Å². The van der Waals surface area contributed by atoms with E-state index >= 15 is 0 Å². The molecule has 3 heteroatoms. The minimum Gasteiger partial charge on any atom is -0.353 e. The number of rotatable bonds is 5. The molecule has 2 N–H and O–H groups in total. The number of piperidine rings is 1. The lowest BCUT2D eigenvalue weighted by atomic mass is 9.93. The quantitative estimate of drug-likeness (QED) is 0.803. The van der Waals surface area contributed by atoms with Crippen LogP contribution in [0.3, 0.4) is 0 Å². The van der Waals surface area contributed by atoms with Crippen molar-refractivity contribution in [2.24, 2.45) is 17.8 Å². The average Bonchev–Trinajstić information content (AvgIpc) is 2.78. The Labute approximate surface area is 117 Å². The van der Waals surface area contributed by atoms with Crippen LogP contribution in [0.5, 0.6) is 0 Å². The smallest absolute Gasteiger partial charge is 0.220 e. The fraction of sp³-hybridized carbons (Fsp3) is 0.938. The highest BCUT2D eigenvalue weighted by Crippen LogP contribution is 2.33. The van der Waals surface area contributed by atoms with Gasteiger partial charge in [0.05, 0.1) is 0 Å². The van der Waals surface area contributed by atoms with Gasteiger partial charge in [0.2, 0.25) is 5.91 Å². The number of amides is 1. The molecule has 1 amide bonds. The first-order valence-corrected chi connectivity index (χ1v) is 8.20. The van der Waals surface area contributed by atoms with Crippen molar-refractivity contribution in [2.45, 2.75) is 64.8 Å². The molecule has 0 aromatic heterocycles. The van der Waals surface area contributed by atoms with Gasteiger partial charge >= 0.3 is 0 Å². The summed E-state index contributed by atoms with van der Waals surface area (Å²) in [6, 6.07) is 0.432. The third-order valence-electron chi connectivity index (χ3n) is 5.28. The highest BCUT2D eigenvalue weighted by Gasteiger charge is 2.32. The summed E-state index contributed by atoms with van der Waals surface area (Å²) in [5, 5.41) is 6.69. The molecule has 2 rings (SSSR count). The molecule has 0 spiro atoms. The summed E-state index contributed by atoms with van der Waals surface area (Å²) < 4.78 is 0. The van der Waals surface area contributed by atoms with E-state index in [-0.39, 0.29) is 5.91 Å². The third kappa shape index (κ3) is 4.20. The van der Waals surface area contributed by atoms with Crippen LogP contribution in [0, 0.1) is 17.8 Å². The SMILES string of the molecule is CCC1CCC(NC(=O)CCC2CCCNC2)C1C. The molecule has 110 valence electrons. The number of hydrogen-bond donors (Lipinski definition) is 2. The fourth-order valence-corrected chi connectivity index (χ4v) is 3.81. The van der Waals surface area contributed by atoms with E-state index in [1.54, 1.807) is 0 Å². The normalized spacial score (nSPS) is 35.3. The summed E-state index contributed by atoms with van der Waals surface area (Å²) in [5.41, 5.74) is 0. The zero-order chi connectivity index (χ0) is 13.7. The lowest BCUT2D eigenvalue weighted by Gasteiger charge is -2.24. The second-order valence-electron chi connectivity index (χ2n) is 6.53. The van der Waals surface area contributed by atoms with E-state index in [2.05, 4.69) is 24.5 Å². The molecule has 0 radical (unpaired) electrons. The fourth-order valence-electron chi connectivity index (χ4n) is 3.81. The molecule has 0 bridgehead atoms. The van der Waals surface area contributed by atoms with E-state index in [0.717, 1.165) is 25.4 Å². The van der Waals surface area contributed by atoms with Crippen molar-refractivity contribution in [2.75, 3.05) is 13.1 Å². The van der Waals surface area contributed by atoms with E-state index in [1.807, 2.05) is 0 Å². The Hall–Kier alpha value is -0.570. The topological polar surface area (TPSA) is 41.1 Å². The second-order valence-corrected chi connectivity index (χ2v) is 6.53. The molecule has 0 aromatic carbocycles. The van der Waals surface area contributed by atoms with Crippen molar-refractivity contribution in [3.63, 3.8) is 0 Å². The molecule has 2 fully saturated rings. The van der Waals surface area contributed by atoms with Gasteiger partial charge in [-0.05, 0) is 62.9 Å². The van der Waals surface area contributed by atoms with Crippen LogP contribution in [0.15, 0.2) is 0 Å². The summed E-state index contributed by atoms with van der Waals surface area (Å²) in [5.74, 6) is 2.46. The van der Waals surface area contributed by atoms with Gasteiger partial charge in [-0.2, -0.15) is 0 Å². The van der Waals surface area contributed by atoms with E-state index in [4.69, 9.17) is 0 Å². The van der Waals surface area contributed by atoms with Gasteiger partial charge in [-0.25, -0.2) is 0 Å². The molecule has 0 aromatic rings. The molecule has 2 aliphatic rings. The van der Waals surface area contributed by atoms with Crippen LogP contribution in [0.2, 0.25) is 0 Å². The van der Waals surface area contributed by atoms with Crippen LogP contribution in [-0.2, 0) is 4.79 Å².